The fraction of sp³-hybridized carbons (Fsp3) is 0.455. The molecule has 7 atom stereocenters. The second-order valence-corrected chi connectivity index (χ2v) is 21.3. The Hall–Kier alpha value is -6.75. The molecule has 9 rings (SSSR count). The lowest BCUT2D eigenvalue weighted by Gasteiger charge is -2.40. The number of ether oxygens (including phenoxy) is 3. The van der Waals surface area contributed by atoms with Crippen LogP contribution in [0.3, 0.4) is 0 Å². The number of hydrogen-bond donors (Lipinski definition) is 5. The topological polar surface area (TPSA) is 168 Å². The van der Waals surface area contributed by atoms with Crippen LogP contribution in [0.2, 0.25) is 0 Å². The van der Waals surface area contributed by atoms with E-state index in [9.17, 15) is 19.2 Å². The van der Waals surface area contributed by atoms with E-state index in [1.165, 1.54) is 20.3 Å². The maximum absolute atomic E-state index is 17.1. The van der Waals surface area contributed by atoms with Gasteiger partial charge >= 0.3 is 12.2 Å². The van der Waals surface area contributed by atoms with Crippen molar-refractivity contribution in [3.05, 3.63) is 106 Å². The fourth-order valence-electron chi connectivity index (χ4n) is 11.0. The number of halogens is 1. The van der Waals surface area contributed by atoms with Gasteiger partial charge in [0.1, 0.15) is 29.8 Å². The summed E-state index contributed by atoms with van der Waals surface area (Å²) in [5, 5.41) is 17.2. The molecule has 72 heavy (non-hydrogen) atoms. The Morgan fingerprint density at radius 2 is 1.68 bits per heavy atom. The number of carbonyl (C=O) groups excluding carboxylic acids is 4. The first kappa shape index (κ1) is 50.2. The molecule has 0 saturated carbocycles. The van der Waals surface area contributed by atoms with E-state index in [-0.39, 0.29) is 35.9 Å². The molecule has 0 bridgehead atoms. The van der Waals surface area contributed by atoms with Gasteiger partial charge in [0, 0.05) is 46.5 Å². The Bertz CT molecular complexity index is 2900. The van der Waals surface area contributed by atoms with Gasteiger partial charge in [-0.1, -0.05) is 58.9 Å². The number of aromatic nitrogens is 1. The molecule has 5 unspecified atom stereocenters. The molecule has 5 aliphatic rings. The summed E-state index contributed by atoms with van der Waals surface area (Å²) in [5.41, 5.74) is 6.25. The first-order valence-electron chi connectivity index (χ1n) is 25.2. The molecule has 5 N–H and O–H groups in total. The summed E-state index contributed by atoms with van der Waals surface area (Å²) >= 11 is 1.59. The van der Waals surface area contributed by atoms with E-state index in [0.29, 0.717) is 47.8 Å². The van der Waals surface area contributed by atoms with Gasteiger partial charge in [0.2, 0.25) is 18.0 Å². The average molecular weight is 1000 g/mol. The van der Waals surface area contributed by atoms with Crippen molar-refractivity contribution in [1.82, 2.24) is 41.0 Å². The summed E-state index contributed by atoms with van der Waals surface area (Å²) < 4.78 is 35.8. The standard InChI is InChI=1S/C55H67FN8O7S/c1-10-32(6)48(61-54(68)70-9)51(66)63-24-14-22-55(63,7)45-17-12-11-15-37(58-45)33-18-19-39-35(25-33)27-41-46-36(56)26-34(28-42(46)71-52(64(39)41)44-21-20-43(72-44)30(2)3)38-29-57-49(59-38)40-16-13-23-62(40)50(65)47(31(4)5)60-53(67)69-8/h15,17-21,25-29,31-32,40,47-49,52,57-59H,2,10-14,16,22-24H2,1,3-9H3,(H,60,67)(H,61,68)/t32-,40+,47?,48?,49?,52?,55?/m1/s1. The number of thiophene rings is 1. The number of fused-ring (bicyclic) bond motifs is 5. The van der Waals surface area contributed by atoms with Crippen molar-refractivity contribution in [2.45, 2.75) is 123 Å². The normalized spacial score (nSPS) is 22.6. The molecular formula is C55H67FN8O7S. The second kappa shape index (κ2) is 20.4. The third-order valence-electron chi connectivity index (χ3n) is 15.2. The van der Waals surface area contributed by atoms with Crippen molar-refractivity contribution in [2.75, 3.05) is 27.3 Å². The first-order chi connectivity index (χ1) is 34.5. The zero-order valence-electron chi connectivity index (χ0n) is 42.4. The van der Waals surface area contributed by atoms with E-state index in [1.807, 2.05) is 74.9 Å². The number of nitrogens with one attached hydrogen (secondary N) is 5. The van der Waals surface area contributed by atoms with Crippen LogP contribution in [0.4, 0.5) is 14.0 Å². The van der Waals surface area contributed by atoms with E-state index in [1.54, 1.807) is 11.3 Å². The molecule has 2 saturated heterocycles. The number of amides is 4. The number of likely N-dealkylation sites (tertiary alicyclic amines) is 2. The number of allylic oxidation sites excluding steroid dienone is 3. The van der Waals surface area contributed by atoms with Crippen LogP contribution in [-0.2, 0) is 19.1 Å². The van der Waals surface area contributed by atoms with Crippen LogP contribution in [0.5, 0.6) is 5.75 Å². The molecule has 2 fully saturated rings. The number of methoxy groups -OCH3 is 2. The summed E-state index contributed by atoms with van der Waals surface area (Å²) in [6, 6.07) is 14.1. The third kappa shape index (κ3) is 9.31. The lowest BCUT2D eigenvalue weighted by Crippen LogP contribution is -2.57. The minimum atomic E-state index is -0.748. The van der Waals surface area contributed by atoms with Gasteiger partial charge in [-0.05, 0) is 118 Å². The highest BCUT2D eigenvalue weighted by Crippen LogP contribution is 2.48. The largest absolute Gasteiger partial charge is 0.464 e. The van der Waals surface area contributed by atoms with Gasteiger partial charge in [-0.25, -0.2) is 14.0 Å². The third-order valence-corrected chi connectivity index (χ3v) is 16.4. The lowest BCUT2D eigenvalue weighted by atomic mass is 9.90. The predicted octanol–water partition coefficient (Wildman–Crippen LogP) is 9.43. The van der Waals surface area contributed by atoms with Crippen molar-refractivity contribution in [3.63, 3.8) is 0 Å². The Kier molecular flexibility index (Phi) is 14.2. The summed E-state index contributed by atoms with van der Waals surface area (Å²) in [5.74, 6) is -0.605. The average Bonchev–Trinajstić information content (AvgIpc) is 4.23. The highest BCUT2D eigenvalue weighted by atomic mass is 32.1. The van der Waals surface area contributed by atoms with E-state index in [0.717, 1.165) is 81.7 Å². The van der Waals surface area contributed by atoms with Gasteiger partial charge in [0.25, 0.3) is 0 Å². The molecule has 15 nitrogen and oxygen atoms in total. The van der Waals surface area contributed by atoms with Crippen molar-refractivity contribution in [2.24, 2.45) is 11.8 Å². The van der Waals surface area contributed by atoms with Crippen molar-refractivity contribution < 1.29 is 37.8 Å². The second-order valence-electron chi connectivity index (χ2n) is 20.2. The zero-order chi connectivity index (χ0) is 51.2. The summed E-state index contributed by atoms with van der Waals surface area (Å²) in [6.45, 7) is 17.1. The Labute approximate surface area is 424 Å². The van der Waals surface area contributed by atoms with Gasteiger partial charge in [0.05, 0.1) is 53.1 Å². The molecule has 4 amide bonds. The van der Waals surface area contributed by atoms with Gasteiger partial charge in [-0.15, -0.1) is 11.3 Å². The highest BCUT2D eigenvalue weighted by Gasteiger charge is 2.46. The molecule has 2 aromatic heterocycles. The maximum atomic E-state index is 17.1. The van der Waals surface area contributed by atoms with Crippen LogP contribution in [-0.4, -0.2) is 95.5 Å². The highest BCUT2D eigenvalue weighted by molar-refractivity contribution is 7.13. The number of carbonyl (C=O) groups is 4. The predicted molar refractivity (Wildman–Crippen MR) is 279 cm³/mol. The molecule has 17 heteroatoms. The minimum absolute atomic E-state index is 0.100. The molecule has 0 aliphatic carbocycles. The quantitative estimate of drug-likeness (QED) is 0.0871. The molecule has 0 spiro atoms. The first-order valence-corrected chi connectivity index (χ1v) is 26.0. The van der Waals surface area contributed by atoms with E-state index >= 15 is 4.39 Å². The zero-order valence-corrected chi connectivity index (χ0v) is 43.3. The Morgan fingerprint density at radius 1 is 0.931 bits per heavy atom. The molecule has 4 aromatic rings. The summed E-state index contributed by atoms with van der Waals surface area (Å²) in [6.07, 6.45) is 9.34. The summed E-state index contributed by atoms with van der Waals surface area (Å²) in [7, 11) is 2.58. The van der Waals surface area contributed by atoms with Crippen LogP contribution in [0.1, 0.15) is 114 Å². The molecule has 382 valence electrons. The fourth-order valence-corrected chi connectivity index (χ4v) is 11.9. The Balaban J connectivity index is 1.01. The number of benzene rings is 2. The molecule has 2 aromatic carbocycles. The van der Waals surface area contributed by atoms with Crippen LogP contribution in [0.15, 0.2) is 79.2 Å². The minimum Gasteiger partial charge on any atom is -0.464 e. The summed E-state index contributed by atoms with van der Waals surface area (Å²) in [4.78, 5) is 58.5. The molecular weight excluding hydrogens is 936 g/mol. The van der Waals surface area contributed by atoms with Crippen LogP contribution >= 0.6 is 11.3 Å². The van der Waals surface area contributed by atoms with Gasteiger partial charge in [0.15, 0.2) is 0 Å². The molecule has 0 radical (unpaired) electrons. The van der Waals surface area contributed by atoms with Gasteiger partial charge < -0.3 is 50.6 Å². The van der Waals surface area contributed by atoms with Crippen LogP contribution < -0.4 is 31.3 Å². The van der Waals surface area contributed by atoms with Gasteiger partial charge in [-0.3, -0.25) is 14.2 Å². The smallest absolute Gasteiger partial charge is 0.407 e. The number of nitrogens with zero attached hydrogens (tertiary/aromatic N) is 3. The van der Waals surface area contributed by atoms with Crippen molar-refractivity contribution >= 4 is 63.2 Å². The maximum Gasteiger partial charge on any atom is 0.407 e. The van der Waals surface area contributed by atoms with E-state index in [2.05, 4.69) is 75.0 Å². The SMILES string of the molecule is C=C(C)c1ccc(C2Oc3cc(C4=CNC([C@@H]5CCCN5C(=O)C(NC(=O)OC)C(C)C)N4)cc(F)c3-c3cc4cc(C5=CCCC=C(C6(C)CCCN6C(=O)C(NC(=O)OC)[C@H](C)CC)N5)ccc4n32)s1. The van der Waals surface area contributed by atoms with E-state index in [4.69, 9.17) is 14.2 Å². The Morgan fingerprint density at radius 3 is 2.39 bits per heavy atom. The number of alkyl carbamates (subject to hydrolysis) is 2. The molecule has 7 heterocycles. The van der Waals surface area contributed by atoms with E-state index < -0.39 is 41.9 Å². The van der Waals surface area contributed by atoms with Crippen molar-refractivity contribution in [3.8, 4) is 17.0 Å². The number of hydrogen-bond acceptors (Lipinski definition) is 11. The van der Waals surface area contributed by atoms with Crippen LogP contribution in [0, 0.1) is 17.7 Å². The monoisotopic (exact) mass is 1000 g/mol. The van der Waals surface area contributed by atoms with Crippen molar-refractivity contribution in [1.29, 1.82) is 0 Å². The number of rotatable bonds is 13. The van der Waals surface area contributed by atoms with Gasteiger partial charge in [-0.2, -0.15) is 0 Å². The lowest BCUT2D eigenvalue weighted by molar-refractivity contribution is -0.137. The molecule has 5 aliphatic heterocycles. The van der Waals surface area contributed by atoms with Crippen LogP contribution in [0.25, 0.3) is 39.1 Å².